The number of phenols is 1. The van der Waals surface area contributed by atoms with Crippen molar-refractivity contribution in [3.05, 3.63) is 29.3 Å². The fraction of sp³-hybridized carbons (Fsp3) is 0.611. The van der Waals surface area contributed by atoms with E-state index in [1.807, 2.05) is 17.9 Å². The van der Waals surface area contributed by atoms with E-state index < -0.39 is 0 Å². The van der Waals surface area contributed by atoms with Gasteiger partial charge in [0.2, 0.25) is 0 Å². The van der Waals surface area contributed by atoms with Gasteiger partial charge < -0.3 is 10.0 Å². The third-order valence-electron chi connectivity index (χ3n) is 4.26. The number of aromatic hydroxyl groups is 1. The van der Waals surface area contributed by atoms with E-state index in [4.69, 9.17) is 0 Å². The first-order valence-electron chi connectivity index (χ1n) is 8.09. The smallest absolute Gasteiger partial charge is 0.257 e. The summed E-state index contributed by atoms with van der Waals surface area (Å²) in [6.07, 6.45) is 5.57. The van der Waals surface area contributed by atoms with E-state index in [1.165, 1.54) is 12.8 Å². The first kappa shape index (κ1) is 15.9. The molecule has 1 aliphatic heterocycles. The monoisotopic (exact) mass is 289 g/mol. The van der Waals surface area contributed by atoms with Crippen LogP contribution < -0.4 is 0 Å². The fourth-order valence-corrected chi connectivity index (χ4v) is 3.21. The molecule has 1 amide bonds. The van der Waals surface area contributed by atoms with E-state index in [0.717, 1.165) is 31.4 Å². The normalized spacial score (nSPS) is 19.6. The summed E-state index contributed by atoms with van der Waals surface area (Å²) in [5.41, 5.74) is 1.46. The van der Waals surface area contributed by atoms with Crippen LogP contribution in [0.15, 0.2) is 18.2 Å². The van der Waals surface area contributed by atoms with Gasteiger partial charge in [-0.15, -0.1) is 0 Å². The minimum Gasteiger partial charge on any atom is -0.507 e. The van der Waals surface area contributed by atoms with E-state index in [2.05, 4.69) is 13.8 Å². The molecule has 3 nitrogen and oxygen atoms in total. The maximum atomic E-state index is 12.9. The predicted octanol–water partition coefficient (Wildman–Crippen LogP) is 4.13. The van der Waals surface area contributed by atoms with Crippen molar-refractivity contribution in [2.75, 3.05) is 6.54 Å². The number of carbonyl (C=O) groups is 1. The Morgan fingerprint density at radius 2 is 2.10 bits per heavy atom. The van der Waals surface area contributed by atoms with Crippen molar-refractivity contribution in [3.63, 3.8) is 0 Å². The van der Waals surface area contributed by atoms with Crippen LogP contribution in [0.4, 0.5) is 0 Å². The van der Waals surface area contributed by atoms with Crippen LogP contribution >= 0.6 is 0 Å². The van der Waals surface area contributed by atoms with Crippen LogP contribution in [0.2, 0.25) is 0 Å². The molecule has 0 aliphatic carbocycles. The molecule has 1 aromatic carbocycles. The maximum Gasteiger partial charge on any atom is 0.257 e. The van der Waals surface area contributed by atoms with Crippen molar-refractivity contribution in [2.24, 2.45) is 5.92 Å². The summed E-state index contributed by atoms with van der Waals surface area (Å²) in [4.78, 5) is 14.9. The highest BCUT2D eigenvalue weighted by Crippen LogP contribution is 2.27. The first-order chi connectivity index (χ1) is 9.99. The second kappa shape index (κ2) is 6.97. The topological polar surface area (TPSA) is 40.5 Å². The molecule has 1 fully saturated rings. The molecule has 1 atom stereocenters. The number of amides is 1. The van der Waals surface area contributed by atoms with Crippen molar-refractivity contribution >= 4 is 5.91 Å². The number of phenolic OH excluding ortho intramolecular Hbond substituents is 1. The van der Waals surface area contributed by atoms with Crippen molar-refractivity contribution < 1.29 is 9.90 Å². The molecule has 1 saturated heterocycles. The molecule has 0 saturated carbocycles. The number of benzene rings is 1. The predicted molar refractivity (Wildman–Crippen MR) is 85.6 cm³/mol. The van der Waals surface area contributed by atoms with Gasteiger partial charge in [-0.2, -0.15) is 0 Å². The molecule has 1 aliphatic rings. The summed E-state index contributed by atoms with van der Waals surface area (Å²) >= 11 is 0. The van der Waals surface area contributed by atoms with Gasteiger partial charge in [0, 0.05) is 12.6 Å². The molecule has 1 N–H and O–H groups in total. The zero-order valence-electron chi connectivity index (χ0n) is 13.4. The number of hydrogen-bond donors (Lipinski definition) is 1. The Bertz CT molecular complexity index is 496. The van der Waals surface area contributed by atoms with Gasteiger partial charge in [-0.05, 0) is 44.2 Å². The van der Waals surface area contributed by atoms with Gasteiger partial charge in [-0.3, -0.25) is 4.79 Å². The highest BCUT2D eigenvalue weighted by molar-refractivity contribution is 5.97. The maximum absolute atomic E-state index is 12.9. The van der Waals surface area contributed by atoms with Crippen LogP contribution in [-0.4, -0.2) is 28.5 Å². The van der Waals surface area contributed by atoms with Gasteiger partial charge in [-0.1, -0.05) is 38.3 Å². The lowest BCUT2D eigenvalue weighted by molar-refractivity contribution is 0.0658. The summed E-state index contributed by atoms with van der Waals surface area (Å²) in [5, 5.41) is 10.0. The van der Waals surface area contributed by atoms with E-state index in [-0.39, 0.29) is 11.7 Å². The number of hydrogen-bond acceptors (Lipinski definition) is 2. The number of aryl methyl sites for hydroxylation is 1. The van der Waals surface area contributed by atoms with E-state index in [9.17, 15) is 9.90 Å². The Labute approximate surface area is 128 Å². The molecule has 1 heterocycles. The van der Waals surface area contributed by atoms with Crippen LogP contribution in [0.5, 0.6) is 5.75 Å². The molecular formula is C18H27NO2. The van der Waals surface area contributed by atoms with Gasteiger partial charge in [0.15, 0.2) is 0 Å². The molecule has 1 unspecified atom stereocenters. The summed E-state index contributed by atoms with van der Waals surface area (Å²) in [5.74, 6) is 0.663. The van der Waals surface area contributed by atoms with Gasteiger partial charge in [0.05, 0.1) is 5.56 Å². The Hall–Kier alpha value is -1.51. The number of carbonyl (C=O) groups excluding carboxylic acids is 1. The molecule has 3 heteroatoms. The third kappa shape index (κ3) is 3.99. The zero-order chi connectivity index (χ0) is 15.4. The fourth-order valence-electron chi connectivity index (χ4n) is 3.21. The highest BCUT2D eigenvalue weighted by atomic mass is 16.3. The van der Waals surface area contributed by atoms with Crippen molar-refractivity contribution in [1.29, 1.82) is 0 Å². The van der Waals surface area contributed by atoms with Crippen LogP contribution in [0.25, 0.3) is 0 Å². The second-order valence-corrected chi connectivity index (χ2v) is 6.65. The number of likely N-dealkylation sites (tertiary alicyclic amines) is 1. The molecule has 0 radical (unpaired) electrons. The molecule has 2 rings (SSSR count). The number of nitrogens with zero attached hydrogens (tertiary/aromatic N) is 1. The van der Waals surface area contributed by atoms with Crippen molar-refractivity contribution in [1.82, 2.24) is 4.90 Å². The van der Waals surface area contributed by atoms with Crippen molar-refractivity contribution in [2.45, 2.75) is 58.9 Å². The Kier molecular flexibility index (Phi) is 5.27. The minimum atomic E-state index is -0.0104. The Morgan fingerprint density at radius 1 is 1.33 bits per heavy atom. The average Bonchev–Trinajstić information content (AvgIpc) is 2.65. The Morgan fingerprint density at radius 3 is 2.81 bits per heavy atom. The van der Waals surface area contributed by atoms with Gasteiger partial charge in [0.1, 0.15) is 5.75 Å². The summed E-state index contributed by atoms with van der Waals surface area (Å²) in [7, 11) is 0. The largest absolute Gasteiger partial charge is 0.507 e. The van der Waals surface area contributed by atoms with Crippen LogP contribution in [0, 0.1) is 12.8 Å². The third-order valence-corrected chi connectivity index (χ3v) is 4.26. The lowest BCUT2D eigenvalue weighted by atomic mass is 9.98. The summed E-state index contributed by atoms with van der Waals surface area (Å²) in [6.45, 7) is 7.17. The zero-order valence-corrected chi connectivity index (χ0v) is 13.4. The highest BCUT2D eigenvalue weighted by Gasteiger charge is 2.28. The standard InChI is InChI=1S/C18H27NO2/c1-13(2)11-15-7-5-4-6-10-19(15)18(21)16-12-14(3)8-9-17(16)20/h8-9,12-13,15,20H,4-7,10-11H2,1-3H3. The average molecular weight is 289 g/mol. The summed E-state index contributed by atoms with van der Waals surface area (Å²) in [6, 6.07) is 5.56. The van der Waals surface area contributed by atoms with Gasteiger partial charge >= 0.3 is 0 Å². The summed E-state index contributed by atoms with van der Waals surface area (Å²) < 4.78 is 0. The molecule has 116 valence electrons. The first-order valence-corrected chi connectivity index (χ1v) is 8.09. The van der Waals surface area contributed by atoms with Crippen molar-refractivity contribution in [3.8, 4) is 5.75 Å². The van der Waals surface area contributed by atoms with Crippen LogP contribution in [0.3, 0.4) is 0 Å². The van der Waals surface area contributed by atoms with E-state index in [0.29, 0.717) is 17.5 Å². The Balaban J connectivity index is 2.26. The quantitative estimate of drug-likeness (QED) is 0.909. The molecule has 0 spiro atoms. The molecule has 0 bridgehead atoms. The SMILES string of the molecule is Cc1ccc(O)c(C(=O)N2CCCCCC2CC(C)C)c1. The minimum absolute atomic E-state index is 0.0104. The lowest BCUT2D eigenvalue weighted by Gasteiger charge is -2.31. The number of rotatable bonds is 3. The molecule has 21 heavy (non-hydrogen) atoms. The molecule has 0 aromatic heterocycles. The lowest BCUT2D eigenvalue weighted by Crippen LogP contribution is -2.40. The molecular weight excluding hydrogens is 262 g/mol. The van der Waals surface area contributed by atoms with Gasteiger partial charge in [-0.25, -0.2) is 0 Å². The molecule has 1 aromatic rings. The van der Waals surface area contributed by atoms with E-state index in [1.54, 1.807) is 12.1 Å². The van der Waals surface area contributed by atoms with Crippen LogP contribution in [-0.2, 0) is 0 Å². The second-order valence-electron chi connectivity index (χ2n) is 6.65. The van der Waals surface area contributed by atoms with Crippen LogP contribution in [0.1, 0.15) is 61.9 Å². The van der Waals surface area contributed by atoms with E-state index >= 15 is 0 Å². The van der Waals surface area contributed by atoms with Gasteiger partial charge in [0.25, 0.3) is 5.91 Å².